The number of ether oxygens (including phenoxy) is 1. The molecule has 1 aliphatic rings. The van der Waals surface area contributed by atoms with Gasteiger partial charge in [0.05, 0.1) is 25.1 Å². The van der Waals surface area contributed by atoms with Crippen molar-refractivity contribution >= 4 is 12.6 Å². The van der Waals surface area contributed by atoms with Crippen LogP contribution >= 0.6 is 0 Å². The van der Waals surface area contributed by atoms with E-state index in [1.807, 2.05) is 27.7 Å². The fraction of sp³-hybridized carbons (Fsp3) is 0.636. The van der Waals surface area contributed by atoms with Crippen molar-refractivity contribution in [1.29, 1.82) is 0 Å². The molecule has 1 aromatic rings. The number of methoxy groups -OCH3 is 1. The van der Waals surface area contributed by atoms with Gasteiger partial charge in [-0.05, 0) is 27.7 Å². The fourth-order valence-corrected chi connectivity index (χ4v) is 1.41. The SMILES string of the molecule is [2H]c1nnc(OC([2H])([2H])[2H])c([2H])c1B1OC(C)(C)C(C)(C)O1. The highest BCUT2D eigenvalue weighted by Gasteiger charge is 2.51. The number of aromatic nitrogens is 2. The van der Waals surface area contributed by atoms with E-state index in [4.69, 9.17) is 16.2 Å². The second kappa shape index (κ2) is 3.96. The lowest BCUT2D eigenvalue weighted by molar-refractivity contribution is 0.00578. The summed E-state index contributed by atoms with van der Waals surface area (Å²) in [5.74, 6) is -0.485. The standard InChI is InChI=1S/C11H17BN2O3/c1-10(2)11(3,4)17-12(16-10)8-6-9(15-5)14-13-7-8/h6-7H,1-5H3/i5D3,6D,7D. The summed E-state index contributed by atoms with van der Waals surface area (Å²) in [6.45, 7) is 7.31. The summed E-state index contributed by atoms with van der Waals surface area (Å²) in [5, 5.41) is 6.98. The summed E-state index contributed by atoms with van der Waals surface area (Å²) in [5.41, 5.74) is -1.33. The van der Waals surface area contributed by atoms with Crippen LogP contribution in [-0.4, -0.2) is 35.6 Å². The molecule has 1 aliphatic heterocycles. The van der Waals surface area contributed by atoms with E-state index in [-0.39, 0.29) is 17.7 Å². The molecule has 2 rings (SSSR count). The van der Waals surface area contributed by atoms with Crippen LogP contribution in [0, 0.1) is 0 Å². The zero-order valence-corrected chi connectivity index (χ0v) is 10.2. The van der Waals surface area contributed by atoms with Crippen LogP contribution in [0.2, 0.25) is 0 Å². The van der Waals surface area contributed by atoms with Crippen molar-refractivity contribution in [2.75, 3.05) is 7.04 Å². The Balaban J connectivity index is 2.42. The molecule has 0 bridgehead atoms. The van der Waals surface area contributed by atoms with Crippen LogP contribution in [0.25, 0.3) is 0 Å². The van der Waals surface area contributed by atoms with E-state index < -0.39 is 31.2 Å². The lowest BCUT2D eigenvalue weighted by Gasteiger charge is -2.32. The highest BCUT2D eigenvalue weighted by atomic mass is 16.7. The Labute approximate surface area is 109 Å². The van der Waals surface area contributed by atoms with E-state index >= 15 is 0 Å². The molecular weight excluding hydrogens is 219 g/mol. The molecule has 2 heterocycles. The van der Waals surface area contributed by atoms with Gasteiger partial charge in [0.25, 0.3) is 0 Å². The Bertz CT molecular complexity index is 578. The average Bonchev–Trinajstić information content (AvgIpc) is 2.50. The molecule has 0 aromatic carbocycles. The second-order valence-electron chi connectivity index (χ2n) is 4.85. The third-order valence-corrected chi connectivity index (χ3v) is 3.14. The van der Waals surface area contributed by atoms with Gasteiger partial charge in [0.2, 0.25) is 5.88 Å². The Morgan fingerprint density at radius 1 is 1.35 bits per heavy atom. The first-order chi connectivity index (χ1) is 9.84. The van der Waals surface area contributed by atoms with E-state index in [2.05, 4.69) is 14.9 Å². The lowest BCUT2D eigenvalue weighted by Crippen LogP contribution is -2.41. The molecule has 0 radical (unpaired) electrons. The van der Waals surface area contributed by atoms with E-state index in [0.29, 0.717) is 0 Å². The topological polar surface area (TPSA) is 53.5 Å². The molecule has 1 saturated heterocycles. The summed E-state index contributed by atoms with van der Waals surface area (Å²) >= 11 is 0. The first kappa shape index (κ1) is 7.33. The smallest absolute Gasteiger partial charge is 0.480 e. The van der Waals surface area contributed by atoms with E-state index in [1.54, 1.807) is 0 Å². The van der Waals surface area contributed by atoms with Gasteiger partial charge in [0.15, 0.2) is 0 Å². The van der Waals surface area contributed by atoms with Gasteiger partial charge in [-0.3, -0.25) is 0 Å². The third kappa shape index (κ3) is 2.15. The van der Waals surface area contributed by atoms with Crippen molar-refractivity contribution in [3.8, 4) is 5.88 Å². The van der Waals surface area contributed by atoms with Crippen molar-refractivity contribution < 1.29 is 20.9 Å². The fourth-order valence-electron chi connectivity index (χ4n) is 1.41. The normalized spacial score (nSPS) is 26.6. The molecule has 0 atom stereocenters. The summed E-state index contributed by atoms with van der Waals surface area (Å²) in [6.07, 6.45) is -0.318. The Kier molecular flexibility index (Phi) is 1.71. The van der Waals surface area contributed by atoms with Crippen molar-refractivity contribution in [2.24, 2.45) is 0 Å². The molecule has 0 N–H and O–H groups in total. The highest BCUT2D eigenvalue weighted by molar-refractivity contribution is 6.62. The molecule has 0 spiro atoms. The molecular formula is C11H17BN2O3. The van der Waals surface area contributed by atoms with Crippen molar-refractivity contribution in [2.45, 2.75) is 38.9 Å². The van der Waals surface area contributed by atoms with Crippen LogP contribution in [0.1, 0.15) is 34.5 Å². The first-order valence-corrected chi connectivity index (χ1v) is 5.22. The molecule has 0 aliphatic carbocycles. The number of nitrogens with zero attached hydrogens (tertiary/aromatic N) is 2. The van der Waals surface area contributed by atoms with Gasteiger partial charge in [0, 0.05) is 17.7 Å². The van der Waals surface area contributed by atoms with E-state index in [1.165, 1.54) is 0 Å². The summed E-state index contributed by atoms with van der Waals surface area (Å²) < 4.78 is 53.3. The molecule has 0 unspecified atom stereocenters. The number of hydrogen-bond acceptors (Lipinski definition) is 5. The van der Waals surface area contributed by atoms with Crippen LogP contribution < -0.4 is 10.2 Å². The zero-order valence-electron chi connectivity index (χ0n) is 15.2. The second-order valence-corrected chi connectivity index (χ2v) is 4.85. The highest BCUT2D eigenvalue weighted by Crippen LogP contribution is 2.36. The maximum atomic E-state index is 8.03. The third-order valence-electron chi connectivity index (χ3n) is 3.14. The summed E-state index contributed by atoms with van der Waals surface area (Å²) in [7, 11) is -3.78. The first-order valence-electron chi connectivity index (χ1n) is 7.72. The van der Waals surface area contributed by atoms with Crippen LogP contribution in [0.15, 0.2) is 12.2 Å². The van der Waals surface area contributed by atoms with Crippen LogP contribution in [0.3, 0.4) is 0 Å². The molecule has 0 amide bonds. The maximum absolute atomic E-state index is 8.03. The van der Waals surface area contributed by atoms with Gasteiger partial charge < -0.3 is 14.0 Å². The molecule has 6 heteroatoms. The van der Waals surface area contributed by atoms with Crippen LogP contribution in [-0.2, 0) is 9.31 Å². The molecule has 92 valence electrons. The van der Waals surface area contributed by atoms with Crippen molar-refractivity contribution in [3.63, 3.8) is 0 Å². The van der Waals surface area contributed by atoms with Crippen LogP contribution in [0.5, 0.6) is 5.88 Å². The quantitative estimate of drug-likeness (QED) is 0.716. The minimum atomic E-state index is -2.76. The Morgan fingerprint density at radius 2 is 2.00 bits per heavy atom. The number of rotatable bonds is 2. The van der Waals surface area contributed by atoms with Gasteiger partial charge in [-0.2, -0.15) is 5.10 Å². The minimum absolute atomic E-state index is 0.00657. The van der Waals surface area contributed by atoms with Crippen molar-refractivity contribution in [1.82, 2.24) is 10.2 Å². The van der Waals surface area contributed by atoms with E-state index in [0.717, 1.165) is 0 Å². The summed E-state index contributed by atoms with van der Waals surface area (Å²) in [6, 6.07) is -0.380. The predicted molar refractivity (Wildman–Crippen MR) is 64.3 cm³/mol. The van der Waals surface area contributed by atoms with Gasteiger partial charge >= 0.3 is 7.12 Å². The molecule has 5 nitrogen and oxygen atoms in total. The molecule has 17 heavy (non-hydrogen) atoms. The maximum Gasteiger partial charge on any atom is 0.496 e. The van der Waals surface area contributed by atoms with Crippen molar-refractivity contribution in [3.05, 3.63) is 12.2 Å². The molecule has 0 saturated carbocycles. The van der Waals surface area contributed by atoms with Gasteiger partial charge in [-0.1, -0.05) is 0 Å². The largest absolute Gasteiger partial charge is 0.496 e. The predicted octanol–water partition coefficient (Wildman–Crippen LogP) is 0.784. The van der Waals surface area contributed by atoms with Crippen LogP contribution in [0.4, 0.5) is 0 Å². The average molecular weight is 241 g/mol. The van der Waals surface area contributed by atoms with Gasteiger partial charge in [0.1, 0.15) is 0 Å². The van der Waals surface area contributed by atoms with Gasteiger partial charge in [-0.25, -0.2) is 0 Å². The zero-order chi connectivity index (χ0) is 16.9. The lowest BCUT2D eigenvalue weighted by atomic mass is 9.81. The molecule has 1 aromatic heterocycles. The number of hydrogen-bond donors (Lipinski definition) is 0. The van der Waals surface area contributed by atoms with Gasteiger partial charge in [-0.15, -0.1) is 5.10 Å². The molecule has 1 fully saturated rings. The summed E-state index contributed by atoms with van der Waals surface area (Å²) in [4.78, 5) is 0. The Hall–Kier alpha value is -1.14. The van der Waals surface area contributed by atoms with E-state index in [9.17, 15) is 0 Å². The monoisotopic (exact) mass is 241 g/mol. The Morgan fingerprint density at radius 3 is 2.59 bits per heavy atom. The minimum Gasteiger partial charge on any atom is -0.480 e.